The van der Waals surface area contributed by atoms with Gasteiger partial charge in [0.15, 0.2) is 0 Å². The van der Waals surface area contributed by atoms with Gasteiger partial charge in [-0.05, 0) is 0 Å². The second kappa shape index (κ2) is 14.0. The quantitative estimate of drug-likeness (QED) is 0.288. The van der Waals surface area contributed by atoms with Crippen LogP contribution in [0.2, 0.25) is 0 Å². The Balaban J connectivity index is -0.000000107. The van der Waals surface area contributed by atoms with Gasteiger partial charge < -0.3 is 0 Å². The first kappa shape index (κ1) is 18.3. The summed E-state index contributed by atoms with van der Waals surface area (Å²) in [4.78, 5) is 0. The van der Waals surface area contributed by atoms with Gasteiger partial charge in [0, 0.05) is 0 Å². The summed E-state index contributed by atoms with van der Waals surface area (Å²) in [6.07, 6.45) is 0. The molecule has 0 amide bonds. The van der Waals surface area contributed by atoms with Crippen molar-refractivity contribution in [1.29, 1.82) is 0 Å². The van der Waals surface area contributed by atoms with Gasteiger partial charge in [-0.1, -0.05) is 0 Å². The molecule has 0 saturated heterocycles. The third kappa shape index (κ3) is 34.4. The van der Waals surface area contributed by atoms with E-state index < -0.39 is 30.8 Å². The van der Waals surface area contributed by atoms with E-state index in [0.29, 0.717) is 0 Å². The van der Waals surface area contributed by atoms with Crippen molar-refractivity contribution >= 4 is 37.7 Å². The third-order valence-electron chi connectivity index (χ3n) is 0.122. The van der Waals surface area contributed by atoms with E-state index in [0.717, 1.165) is 0 Å². The second-order valence-electron chi connectivity index (χ2n) is 0.596. The Labute approximate surface area is 100 Å². The standard InChI is InChI=1S/Ca.2O2.4O.2V/c;2*1-2;;;;;;/q+2;2*-2;;;;;2*+1. The average Bonchev–Trinajstić information content (AvgIpc) is 1.89. The van der Waals surface area contributed by atoms with Crippen molar-refractivity contribution in [2.75, 3.05) is 0 Å². The monoisotopic (exact) mass is 270 g/mol. The average molecular weight is 270 g/mol. The topological polar surface area (TPSA) is 133 Å². The molecule has 0 fully saturated rings. The molecule has 0 spiro atoms. The molecule has 0 aromatic carbocycles. The molecule has 0 rings (SSSR count). The zero-order valence-corrected chi connectivity index (χ0v) is 9.87. The number of hydrogen-bond donors (Lipinski definition) is 0. The fourth-order valence-electron chi connectivity index (χ4n) is 0. The number of hydrogen-bond acceptors (Lipinski definition) is 8. The predicted octanol–water partition coefficient (Wildman–Crippen LogP) is -3.38. The van der Waals surface area contributed by atoms with Gasteiger partial charge in [-0.2, -0.15) is 0 Å². The molecule has 0 aliphatic heterocycles. The first-order valence-electron chi connectivity index (χ1n) is 1.43. The minimum atomic E-state index is -3.76. The fourth-order valence-corrected chi connectivity index (χ4v) is 0. The van der Waals surface area contributed by atoms with Crippen LogP contribution in [-0.2, 0) is 53.1 Å². The van der Waals surface area contributed by atoms with Crippen LogP contribution in [0, 0.1) is 0 Å². The first-order valence-corrected chi connectivity index (χ1v) is 4.85. The summed E-state index contributed by atoms with van der Waals surface area (Å²) in [6.45, 7) is 0. The van der Waals surface area contributed by atoms with E-state index >= 15 is 0 Å². The molecule has 0 N–H and O–H groups in total. The Kier molecular flexibility index (Phi) is 23.3. The fraction of sp³-hybridized carbons (Fsp3) is 0. The van der Waals surface area contributed by atoms with E-state index in [9.17, 15) is 0 Å². The Morgan fingerprint density at radius 2 is 0.909 bits per heavy atom. The Hall–Kier alpha value is 1.47. The summed E-state index contributed by atoms with van der Waals surface area (Å²) in [6, 6.07) is 0. The summed E-state index contributed by atoms with van der Waals surface area (Å²) in [5.74, 6) is 0. The van der Waals surface area contributed by atoms with Crippen molar-refractivity contribution in [2.24, 2.45) is 0 Å². The number of rotatable bonds is 2. The maximum absolute atomic E-state index is 8.95. The molecule has 0 atom stereocenters. The third-order valence-corrected chi connectivity index (χ3v) is 0.502. The zero-order valence-electron chi connectivity index (χ0n) is 4.87. The molecule has 0 bridgehead atoms. The molecule has 11 heteroatoms. The Bertz CT molecular complexity index is 150. The molecule has 60 valence electrons. The van der Waals surface area contributed by atoms with E-state index in [2.05, 4.69) is 7.63 Å². The minimum absolute atomic E-state index is 0. The van der Waals surface area contributed by atoms with Crippen molar-refractivity contribution in [3.63, 3.8) is 0 Å². The van der Waals surface area contributed by atoms with Gasteiger partial charge in [-0.25, -0.2) is 0 Å². The van der Waals surface area contributed by atoms with E-state index in [4.69, 9.17) is 25.2 Å². The van der Waals surface area contributed by atoms with Crippen molar-refractivity contribution in [1.82, 2.24) is 0 Å². The van der Waals surface area contributed by atoms with E-state index in [1.54, 1.807) is 0 Å². The van der Waals surface area contributed by atoms with Crippen LogP contribution >= 0.6 is 0 Å². The van der Waals surface area contributed by atoms with E-state index in [-0.39, 0.29) is 37.7 Å². The molecule has 0 unspecified atom stereocenters. The van der Waals surface area contributed by atoms with Crippen LogP contribution < -0.4 is 10.5 Å². The first-order chi connectivity index (χ1) is 4.54. The molecular formula is CaO8V2. The van der Waals surface area contributed by atoms with Crippen LogP contribution in [0.3, 0.4) is 0 Å². The van der Waals surface area contributed by atoms with Gasteiger partial charge in [-0.3, -0.25) is 0 Å². The van der Waals surface area contributed by atoms with Crippen LogP contribution in [0.25, 0.3) is 0 Å². The SMILES string of the molecule is [Ca+2].[O]=[V](=[O])[O][O-].[O]=[V](=[O])[O][O-]. The predicted molar refractivity (Wildman–Crippen MR) is 10.7 cm³/mol. The van der Waals surface area contributed by atoms with Gasteiger partial charge in [0.1, 0.15) is 0 Å². The van der Waals surface area contributed by atoms with Crippen LogP contribution in [0.5, 0.6) is 0 Å². The summed E-state index contributed by atoms with van der Waals surface area (Å²) < 4.78 is 40.9. The molecule has 0 aliphatic rings. The molecule has 8 nitrogen and oxygen atoms in total. The molecule has 0 aromatic rings. The van der Waals surface area contributed by atoms with Gasteiger partial charge in [0.2, 0.25) is 0 Å². The van der Waals surface area contributed by atoms with Crippen LogP contribution in [0.1, 0.15) is 0 Å². The van der Waals surface area contributed by atoms with Gasteiger partial charge in [-0.15, -0.1) is 0 Å². The normalized spacial score (nSPS) is 6.73. The van der Waals surface area contributed by atoms with Crippen LogP contribution in [-0.4, -0.2) is 37.7 Å². The van der Waals surface area contributed by atoms with Crippen molar-refractivity contribution < 1.29 is 63.6 Å². The molecule has 11 heavy (non-hydrogen) atoms. The summed E-state index contributed by atoms with van der Waals surface area (Å²) in [7, 11) is 0. The van der Waals surface area contributed by atoms with Crippen LogP contribution in [0.15, 0.2) is 0 Å². The molecule has 0 aliphatic carbocycles. The zero-order chi connectivity index (χ0) is 8.57. The Morgan fingerprint density at radius 3 is 0.909 bits per heavy atom. The Morgan fingerprint density at radius 1 is 0.818 bits per heavy atom. The van der Waals surface area contributed by atoms with Crippen molar-refractivity contribution in [3.8, 4) is 0 Å². The van der Waals surface area contributed by atoms with E-state index in [1.807, 2.05) is 0 Å². The molecule has 0 saturated carbocycles. The van der Waals surface area contributed by atoms with Crippen molar-refractivity contribution in [3.05, 3.63) is 0 Å². The summed E-state index contributed by atoms with van der Waals surface area (Å²) >= 11 is -7.51. The van der Waals surface area contributed by atoms with Gasteiger partial charge in [0.25, 0.3) is 0 Å². The molecular weight excluding hydrogens is 270 g/mol. The van der Waals surface area contributed by atoms with Crippen LogP contribution in [0.4, 0.5) is 0 Å². The summed E-state index contributed by atoms with van der Waals surface area (Å²) in [5, 5.41) is 17.1. The van der Waals surface area contributed by atoms with E-state index in [1.165, 1.54) is 0 Å². The summed E-state index contributed by atoms with van der Waals surface area (Å²) in [5.41, 5.74) is 0. The molecule has 0 aromatic heterocycles. The molecule has 0 heterocycles. The van der Waals surface area contributed by atoms with Gasteiger partial charge >= 0.3 is 101 Å². The molecule has 0 radical (unpaired) electrons. The second-order valence-corrected chi connectivity index (χ2v) is 2.46. The van der Waals surface area contributed by atoms with Crippen molar-refractivity contribution in [2.45, 2.75) is 0 Å². The maximum atomic E-state index is 8.95. The van der Waals surface area contributed by atoms with Gasteiger partial charge in [0.05, 0.1) is 0 Å².